The number of aromatic hydroxyl groups is 1. The van der Waals surface area contributed by atoms with E-state index in [1.54, 1.807) is 13.8 Å². The molecule has 0 amide bonds. The zero-order valence-electron chi connectivity index (χ0n) is 17.5. The van der Waals surface area contributed by atoms with Gasteiger partial charge in [-0.25, -0.2) is 4.68 Å². The zero-order valence-corrected chi connectivity index (χ0v) is 17.5. The highest BCUT2D eigenvalue weighted by molar-refractivity contribution is 6.43. The average molecular weight is 387 g/mol. The molecule has 0 radical (unpaired) electrons. The van der Waals surface area contributed by atoms with E-state index in [0.29, 0.717) is 11.4 Å². The Hall–Kier alpha value is -2.90. The normalized spacial score (nSPS) is 20.9. The molecule has 28 heavy (non-hydrogen) atoms. The average Bonchev–Trinajstić information content (AvgIpc) is 2.99. The lowest BCUT2D eigenvalue weighted by Gasteiger charge is -2.23. The molecule has 2 heterocycles. The number of ketones is 1. The Balaban J connectivity index is 2.20. The summed E-state index contributed by atoms with van der Waals surface area (Å²) in [5.74, 6) is -1.09. The highest BCUT2D eigenvalue weighted by atomic mass is 16.3. The third-order valence-electron chi connectivity index (χ3n) is 4.77. The van der Waals surface area contributed by atoms with Crippen molar-refractivity contribution in [3.05, 3.63) is 28.2 Å². The first-order chi connectivity index (χ1) is 12.7. The Morgan fingerprint density at radius 2 is 1.50 bits per heavy atom. The molecule has 1 aromatic rings. The Labute approximate surface area is 163 Å². The van der Waals surface area contributed by atoms with Crippen LogP contribution in [0.1, 0.15) is 59.7 Å². The number of hydrogen-bond donors (Lipinski definition) is 3. The molecule has 1 aromatic heterocycles. The second-order valence-corrected chi connectivity index (χ2v) is 9.16. The molecule has 0 saturated heterocycles. The number of carbonyl (C=O) groups excluding carboxylic acids is 1. The molecule has 0 spiro atoms. The number of carbonyl (C=O) groups is 1. The molecule has 0 unspecified atom stereocenters. The predicted molar refractivity (Wildman–Crippen MR) is 106 cm³/mol. The third kappa shape index (κ3) is 2.66. The number of aromatic nitrogens is 2. The summed E-state index contributed by atoms with van der Waals surface area (Å²) in [4.78, 5) is 12.9. The lowest BCUT2D eigenvalue weighted by atomic mass is 9.80. The summed E-state index contributed by atoms with van der Waals surface area (Å²) in [6.45, 7) is 14.6. The minimum Gasteiger partial charge on any atom is -0.506 e. The molecule has 0 atom stereocenters. The van der Waals surface area contributed by atoms with E-state index in [-0.39, 0.29) is 39.8 Å². The lowest BCUT2D eigenvalue weighted by molar-refractivity contribution is -0.605. The van der Waals surface area contributed by atoms with E-state index >= 15 is 0 Å². The molecule has 2 aliphatic rings. The van der Waals surface area contributed by atoms with Crippen molar-refractivity contribution in [1.82, 2.24) is 9.78 Å². The van der Waals surface area contributed by atoms with Gasteiger partial charge in [-0.2, -0.15) is 5.10 Å². The molecule has 0 saturated carbocycles. The number of aryl methyl sites for hydroxylation is 1. The van der Waals surface area contributed by atoms with Crippen molar-refractivity contribution >= 4 is 23.0 Å². The van der Waals surface area contributed by atoms with E-state index in [4.69, 9.17) is 0 Å². The maximum absolute atomic E-state index is 12.9. The minimum absolute atomic E-state index is 0.00260. The number of nitrogens with zero attached hydrogens (tertiary/aromatic N) is 4. The zero-order chi connectivity index (χ0) is 21.3. The molecule has 1 aliphatic carbocycles. The van der Waals surface area contributed by atoms with Crippen LogP contribution in [0.5, 0.6) is 5.88 Å². The number of aliphatic hydroxyl groups is 2. The van der Waals surface area contributed by atoms with E-state index in [0.717, 1.165) is 0 Å². The number of aliphatic hydroxyl groups excluding tert-OH is 2. The van der Waals surface area contributed by atoms with Gasteiger partial charge in [-0.05, 0) is 44.4 Å². The van der Waals surface area contributed by atoms with E-state index < -0.39 is 16.9 Å². The van der Waals surface area contributed by atoms with Crippen molar-refractivity contribution in [2.75, 3.05) is 0 Å². The Kier molecular flexibility index (Phi) is 4.11. The number of hydrogen-bond acceptors (Lipinski definition) is 5. The first-order valence-corrected chi connectivity index (χ1v) is 9.12. The van der Waals surface area contributed by atoms with Crippen LogP contribution in [0.4, 0.5) is 0 Å². The van der Waals surface area contributed by atoms with Gasteiger partial charge >= 0.3 is 5.90 Å². The SMILES string of the molecule is CC1=N[N+](C(C)(C)C)=C(O)/C1=C1\C(=O)C(c2c(C)nn(C(C)(C)C)c2O)=C1O. The lowest BCUT2D eigenvalue weighted by Crippen LogP contribution is -2.33. The molecule has 3 N–H and O–H groups in total. The van der Waals surface area contributed by atoms with E-state index in [2.05, 4.69) is 10.2 Å². The molecule has 8 nitrogen and oxygen atoms in total. The van der Waals surface area contributed by atoms with Crippen LogP contribution >= 0.6 is 0 Å². The molecule has 150 valence electrons. The minimum atomic E-state index is -0.495. The standard InChI is InChI=1S/C20H26N4O4/c1-9-11(17(27)23(21-9)19(3,4)5)13-15(25)14(16(13)26)12-10(2)22-24(18(12)28)20(6,7)8/h1-8H3,(H2,21,22,25,26,27,28)/p+1. The van der Waals surface area contributed by atoms with Crippen molar-refractivity contribution in [3.63, 3.8) is 0 Å². The van der Waals surface area contributed by atoms with Gasteiger partial charge in [0.05, 0.1) is 27.9 Å². The molecule has 0 fully saturated rings. The van der Waals surface area contributed by atoms with Crippen molar-refractivity contribution in [3.8, 4) is 5.88 Å². The second kappa shape index (κ2) is 5.80. The number of rotatable bonds is 1. The van der Waals surface area contributed by atoms with E-state index in [1.807, 2.05) is 41.5 Å². The van der Waals surface area contributed by atoms with Crippen molar-refractivity contribution in [1.29, 1.82) is 0 Å². The fraction of sp³-hybridized carbons (Fsp3) is 0.500. The van der Waals surface area contributed by atoms with Gasteiger partial charge in [0.15, 0.2) is 5.54 Å². The smallest absolute Gasteiger partial charge is 0.401 e. The largest absolute Gasteiger partial charge is 0.506 e. The van der Waals surface area contributed by atoms with Gasteiger partial charge < -0.3 is 15.3 Å². The maximum Gasteiger partial charge on any atom is 0.401 e. The van der Waals surface area contributed by atoms with Gasteiger partial charge in [0.25, 0.3) is 0 Å². The van der Waals surface area contributed by atoms with Crippen LogP contribution in [0, 0.1) is 6.92 Å². The fourth-order valence-electron chi connectivity index (χ4n) is 3.42. The summed E-state index contributed by atoms with van der Waals surface area (Å²) < 4.78 is 2.84. The summed E-state index contributed by atoms with van der Waals surface area (Å²) in [6, 6.07) is 0. The maximum atomic E-state index is 12.9. The topological polar surface area (TPSA) is 111 Å². The predicted octanol–water partition coefficient (Wildman–Crippen LogP) is 2.96. The third-order valence-corrected chi connectivity index (χ3v) is 4.77. The molecule has 8 heteroatoms. The fourth-order valence-corrected chi connectivity index (χ4v) is 3.42. The number of allylic oxidation sites excluding steroid dienone is 2. The Morgan fingerprint density at radius 3 is 1.89 bits per heavy atom. The quantitative estimate of drug-likeness (QED) is 0.507. The highest BCUT2D eigenvalue weighted by Crippen LogP contribution is 2.44. The first-order valence-electron chi connectivity index (χ1n) is 9.12. The van der Waals surface area contributed by atoms with Crippen LogP contribution in [-0.4, -0.2) is 52.7 Å². The first kappa shape index (κ1) is 19.9. The van der Waals surface area contributed by atoms with E-state index in [1.165, 1.54) is 9.37 Å². The molecular weight excluding hydrogens is 360 g/mol. The summed E-state index contributed by atoms with van der Waals surface area (Å²) >= 11 is 0. The van der Waals surface area contributed by atoms with Crippen LogP contribution < -0.4 is 0 Å². The summed E-state index contributed by atoms with van der Waals surface area (Å²) in [7, 11) is 0. The van der Waals surface area contributed by atoms with Crippen molar-refractivity contribution in [2.24, 2.45) is 5.10 Å². The van der Waals surface area contributed by atoms with Crippen LogP contribution in [0.15, 0.2) is 22.0 Å². The van der Waals surface area contributed by atoms with Crippen molar-refractivity contribution in [2.45, 2.75) is 66.5 Å². The van der Waals surface area contributed by atoms with Gasteiger partial charge in [-0.1, -0.05) is 0 Å². The van der Waals surface area contributed by atoms with Gasteiger partial charge in [-0.3, -0.25) is 4.79 Å². The molecular formula is C20H27N4O4+. The summed E-state index contributed by atoms with van der Waals surface area (Å²) in [6.07, 6.45) is 0. The van der Waals surface area contributed by atoms with Crippen LogP contribution in [-0.2, 0) is 10.3 Å². The Bertz CT molecular complexity index is 1040. The van der Waals surface area contributed by atoms with E-state index in [9.17, 15) is 20.1 Å². The Morgan fingerprint density at radius 1 is 0.929 bits per heavy atom. The van der Waals surface area contributed by atoms with Crippen LogP contribution in [0.2, 0.25) is 0 Å². The van der Waals surface area contributed by atoms with Gasteiger partial charge in [0.2, 0.25) is 11.7 Å². The number of Topliss-reactive ketones (excluding diaryl/α,β-unsaturated/α-hetero) is 1. The van der Waals surface area contributed by atoms with Gasteiger partial charge in [0, 0.05) is 20.8 Å². The summed E-state index contributed by atoms with van der Waals surface area (Å²) in [5, 5.41) is 40.6. The van der Waals surface area contributed by atoms with Crippen molar-refractivity contribution < 1.29 is 24.8 Å². The highest BCUT2D eigenvalue weighted by Gasteiger charge is 2.48. The molecule has 0 aromatic carbocycles. The monoisotopic (exact) mass is 387 g/mol. The molecule has 1 aliphatic heterocycles. The second-order valence-electron chi connectivity index (χ2n) is 9.16. The van der Waals surface area contributed by atoms with Crippen LogP contribution in [0.25, 0.3) is 5.57 Å². The number of hydrazone groups is 1. The molecule has 3 rings (SSSR count). The van der Waals surface area contributed by atoms with Crippen LogP contribution in [0.3, 0.4) is 0 Å². The van der Waals surface area contributed by atoms with Gasteiger partial charge in [0.1, 0.15) is 17.0 Å². The summed E-state index contributed by atoms with van der Waals surface area (Å²) in [5.41, 5.74) is 0.311. The molecule has 0 bridgehead atoms. The van der Waals surface area contributed by atoms with Gasteiger partial charge in [-0.15, -0.1) is 0 Å².